The molecule has 0 heterocycles. The first-order chi connectivity index (χ1) is 12.9. The molecule has 3 rings (SSSR count). The van der Waals surface area contributed by atoms with Crippen molar-refractivity contribution in [2.75, 3.05) is 38.0 Å². The van der Waals surface area contributed by atoms with Crippen molar-refractivity contribution in [1.29, 1.82) is 0 Å². The minimum absolute atomic E-state index is 0.689. The van der Waals surface area contributed by atoms with Gasteiger partial charge in [-0.25, -0.2) is 0 Å². The van der Waals surface area contributed by atoms with Gasteiger partial charge in [-0.3, -0.25) is 0 Å². The van der Waals surface area contributed by atoms with Crippen LogP contribution in [0.25, 0.3) is 0 Å². The van der Waals surface area contributed by atoms with E-state index < -0.39 is 19.0 Å². The zero-order valence-corrected chi connectivity index (χ0v) is 18.5. The molecule has 0 atom stereocenters. The Hall–Kier alpha value is -2.19. The molecule has 0 saturated heterocycles. The molecule has 5 heteroatoms. The second-order valence-corrected chi connectivity index (χ2v) is 12.9. The fourth-order valence-corrected chi connectivity index (χ4v) is 8.03. The van der Waals surface area contributed by atoms with Crippen LogP contribution in [-0.2, 0) is 0 Å². The van der Waals surface area contributed by atoms with Gasteiger partial charge in [-0.05, 0) is 0 Å². The summed E-state index contributed by atoms with van der Waals surface area (Å²) in [6, 6.07) is 25.6. The van der Waals surface area contributed by atoms with Crippen LogP contribution in [0.15, 0.2) is 78.9 Å². The maximum absolute atomic E-state index is 11.8. The molecule has 3 aromatic rings. The van der Waals surface area contributed by atoms with Gasteiger partial charge in [0.2, 0.25) is 0 Å². The van der Waals surface area contributed by atoms with Gasteiger partial charge in [-0.1, -0.05) is 0 Å². The van der Waals surface area contributed by atoms with Gasteiger partial charge in [0.25, 0.3) is 0 Å². The molecule has 0 aromatic heterocycles. The van der Waals surface area contributed by atoms with Crippen LogP contribution in [-0.4, -0.2) is 50.7 Å². The Kier molecular flexibility index (Phi) is 5.96. The Morgan fingerprint density at radius 3 is 1.41 bits per heavy atom. The number of benzene rings is 3. The topological polar surface area (TPSA) is 35.9 Å². The molecule has 0 aliphatic heterocycles. The zero-order valence-electron chi connectivity index (χ0n) is 16.2. The predicted molar refractivity (Wildman–Crippen MR) is 116 cm³/mol. The third-order valence-corrected chi connectivity index (χ3v) is 10.7. The summed E-state index contributed by atoms with van der Waals surface area (Å²) in [5, 5.41) is 0. The average Bonchev–Trinajstić information content (AvgIpc) is 2.69. The van der Waals surface area contributed by atoms with Crippen LogP contribution in [0.3, 0.4) is 0 Å². The summed E-state index contributed by atoms with van der Waals surface area (Å²) in [5.74, 6) is 0.689. The first-order valence-corrected chi connectivity index (χ1v) is 13.1. The van der Waals surface area contributed by atoms with Crippen molar-refractivity contribution in [3.63, 3.8) is 0 Å². The van der Waals surface area contributed by atoms with E-state index in [1.807, 2.05) is 117 Å². The van der Waals surface area contributed by atoms with E-state index in [0.29, 0.717) is 5.75 Å². The second-order valence-electron chi connectivity index (χ2n) is 6.70. The van der Waals surface area contributed by atoms with Crippen molar-refractivity contribution < 1.29 is 6.57 Å². The van der Waals surface area contributed by atoms with E-state index in [9.17, 15) is 3.47 Å². The zero-order chi connectivity index (χ0) is 19.4. The third-order valence-electron chi connectivity index (χ3n) is 4.31. The molecule has 0 amide bonds. The summed E-state index contributed by atoms with van der Waals surface area (Å²) < 4.78 is 19.8. The van der Waals surface area contributed by atoms with E-state index in [1.165, 1.54) is 0 Å². The Labute approximate surface area is 166 Å². The van der Waals surface area contributed by atoms with Crippen molar-refractivity contribution in [3.05, 3.63) is 78.9 Å². The van der Waals surface area contributed by atoms with Crippen LogP contribution < -0.4 is 20.1 Å². The van der Waals surface area contributed by atoms with Crippen LogP contribution in [0, 0.1) is 0 Å². The number of rotatable bonds is 6. The molecule has 27 heavy (non-hydrogen) atoms. The van der Waals surface area contributed by atoms with Crippen LogP contribution in [0.5, 0.6) is 5.75 Å². The number of anilines is 2. The molecule has 142 valence electrons. The van der Waals surface area contributed by atoms with Gasteiger partial charge in [0, 0.05) is 0 Å². The quantitative estimate of drug-likeness (QED) is 0.553. The van der Waals surface area contributed by atoms with E-state index in [1.54, 1.807) is 0 Å². The SMILES string of the molecule is CN(C)c1ccc([Te](O)(Oc2ccccc2)c2ccc(N(C)C)cc2)cc1. The van der Waals surface area contributed by atoms with Crippen molar-refractivity contribution in [3.8, 4) is 5.75 Å². The second kappa shape index (κ2) is 8.22. The first kappa shape index (κ1) is 19.6. The van der Waals surface area contributed by atoms with E-state index in [-0.39, 0.29) is 0 Å². The van der Waals surface area contributed by atoms with Gasteiger partial charge in [0.15, 0.2) is 0 Å². The van der Waals surface area contributed by atoms with E-state index in [4.69, 9.17) is 3.10 Å². The van der Waals surface area contributed by atoms with Crippen LogP contribution >= 0.6 is 0 Å². The van der Waals surface area contributed by atoms with Gasteiger partial charge in [-0.2, -0.15) is 0 Å². The van der Waals surface area contributed by atoms with Gasteiger partial charge in [-0.15, -0.1) is 0 Å². The Balaban J connectivity index is 2.05. The number of hydrogen-bond acceptors (Lipinski definition) is 4. The monoisotopic (exact) mass is 480 g/mol. The van der Waals surface area contributed by atoms with Gasteiger partial charge in [0.05, 0.1) is 0 Å². The molecule has 0 aliphatic carbocycles. The van der Waals surface area contributed by atoms with Crippen LogP contribution in [0.4, 0.5) is 11.4 Å². The maximum atomic E-state index is 11.8. The Morgan fingerprint density at radius 2 is 1.04 bits per heavy atom. The molecule has 0 aliphatic rings. The molecule has 0 fully saturated rings. The van der Waals surface area contributed by atoms with Crippen LogP contribution in [0.2, 0.25) is 0 Å². The number of hydrogen-bond donors (Lipinski definition) is 1. The Bertz CT molecular complexity index is 812. The molecule has 0 bridgehead atoms. The summed E-state index contributed by atoms with van der Waals surface area (Å²) in [7, 11) is 8.01. The summed E-state index contributed by atoms with van der Waals surface area (Å²) in [4.78, 5) is 4.08. The number of para-hydroxylation sites is 1. The molecule has 1 N–H and O–H groups in total. The van der Waals surface area contributed by atoms with Gasteiger partial charge in [0.1, 0.15) is 0 Å². The summed E-state index contributed by atoms with van der Waals surface area (Å²) in [5.41, 5.74) is 2.18. The molecular formula is C22H26N2O2Te. The number of nitrogens with zero attached hydrogens (tertiary/aromatic N) is 2. The van der Waals surface area contributed by atoms with Crippen molar-refractivity contribution >= 4 is 37.6 Å². The fourth-order valence-electron chi connectivity index (χ4n) is 2.71. The molecular weight excluding hydrogens is 452 g/mol. The average molecular weight is 478 g/mol. The van der Waals surface area contributed by atoms with Gasteiger partial charge >= 0.3 is 167 Å². The molecule has 0 saturated carbocycles. The van der Waals surface area contributed by atoms with Crippen molar-refractivity contribution in [2.24, 2.45) is 0 Å². The van der Waals surface area contributed by atoms with Crippen molar-refractivity contribution in [1.82, 2.24) is 0 Å². The standard InChI is InChI=1S/C22H26N2O2Te/c1-23(2)18-10-14-21(15-11-18)27(25,26-20-8-6-5-7-9-20)22-16-12-19(13-17-22)24(3)4/h5-17,25H,1-4H3. The van der Waals surface area contributed by atoms with Crippen molar-refractivity contribution in [2.45, 2.75) is 0 Å². The molecule has 0 unspecified atom stereocenters. The molecule has 4 nitrogen and oxygen atoms in total. The first-order valence-electron chi connectivity index (χ1n) is 8.75. The summed E-state index contributed by atoms with van der Waals surface area (Å²) in [6.45, 7) is 0. The van der Waals surface area contributed by atoms with Crippen LogP contribution in [0.1, 0.15) is 0 Å². The molecule has 0 radical (unpaired) electrons. The molecule has 3 aromatic carbocycles. The predicted octanol–water partition coefficient (Wildman–Crippen LogP) is 2.45. The van der Waals surface area contributed by atoms with E-state index >= 15 is 0 Å². The normalized spacial score (nSPS) is 11.7. The Morgan fingerprint density at radius 1 is 0.630 bits per heavy atom. The molecule has 0 spiro atoms. The third kappa shape index (κ3) is 4.39. The fraction of sp³-hybridized carbons (Fsp3) is 0.182. The van der Waals surface area contributed by atoms with E-state index in [0.717, 1.165) is 18.6 Å². The van der Waals surface area contributed by atoms with E-state index in [2.05, 4.69) is 0 Å². The van der Waals surface area contributed by atoms with Gasteiger partial charge < -0.3 is 0 Å². The minimum atomic E-state index is -4.06. The summed E-state index contributed by atoms with van der Waals surface area (Å²) in [6.07, 6.45) is 0. The summed E-state index contributed by atoms with van der Waals surface area (Å²) >= 11 is -4.06.